The van der Waals surface area contributed by atoms with Crippen LogP contribution in [0, 0.1) is 5.82 Å². The minimum atomic E-state index is -0.664. The van der Waals surface area contributed by atoms with Gasteiger partial charge >= 0.3 is 0 Å². The summed E-state index contributed by atoms with van der Waals surface area (Å²) in [6, 6.07) is 25.3. The Balaban J connectivity index is 1.60. The van der Waals surface area contributed by atoms with E-state index >= 15 is 0 Å². The summed E-state index contributed by atoms with van der Waals surface area (Å²) in [4.78, 5) is 2.20. The average molecular weight is 504 g/mol. The van der Waals surface area contributed by atoms with Crippen molar-refractivity contribution in [3.05, 3.63) is 102 Å². The Hall–Kier alpha value is -3.68. The van der Waals surface area contributed by atoms with Crippen LogP contribution in [0.3, 0.4) is 0 Å². The molecule has 37 heavy (non-hydrogen) atoms. The highest BCUT2D eigenvalue weighted by Crippen LogP contribution is 2.32. The number of aromatic nitrogens is 2. The van der Waals surface area contributed by atoms with Gasteiger partial charge in [0.25, 0.3) is 0 Å². The van der Waals surface area contributed by atoms with Gasteiger partial charge in [-0.15, -0.1) is 0 Å². The number of nitrogens with zero attached hydrogens (tertiary/aromatic N) is 3. The Morgan fingerprint density at radius 1 is 0.919 bits per heavy atom. The van der Waals surface area contributed by atoms with Crippen LogP contribution in [0.1, 0.15) is 31.5 Å². The molecule has 0 fully saturated rings. The van der Waals surface area contributed by atoms with Crippen molar-refractivity contribution < 1.29 is 19.0 Å². The van der Waals surface area contributed by atoms with Gasteiger partial charge in [0.2, 0.25) is 5.88 Å². The number of ether oxygens (including phenoxy) is 2. The van der Waals surface area contributed by atoms with Gasteiger partial charge in [-0.1, -0.05) is 50.2 Å². The Kier molecular flexibility index (Phi) is 9.29. The number of rotatable bonds is 13. The van der Waals surface area contributed by atoms with Gasteiger partial charge in [-0.3, -0.25) is 4.90 Å². The van der Waals surface area contributed by atoms with Crippen molar-refractivity contribution in [3.63, 3.8) is 0 Å². The monoisotopic (exact) mass is 503 g/mol. The number of aryl methyl sites for hydroxylation is 1. The first-order valence-electron chi connectivity index (χ1n) is 12.7. The number of hydrogen-bond acceptors (Lipinski definition) is 5. The second-order valence-electron chi connectivity index (χ2n) is 8.90. The molecule has 0 aliphatic carbocycles. The van der Waals surface area contributed by atoms with Gasteiger partial charge in [0.1, 0.15) is 30.0 Å². The highest BCUT2D eigenvalue weighted by molar-refractivity contribution is 5.43. The van der Waals surface area contributed by atoms with E-state index in [9.17, 15) is 9.50 Å². The second kappa shape index (κ2) is 13.0. The summed E-state index contributed by atoms with van der Waals surface area (Å²) in [5, 5.41) is 15.7. The van der Waals surface area contributed by atoms with E-state index in [0.29, 0.717) is 31.1 Å². The molecule has 1 N–H and O–H groups in total. The number of para-hydroxylation sites is 2. The van der Waals surface area contributed by atoms with E-state index in [4.69, 9.17) is 14.6 Å². The molecular weight excluding hydrogens is 469 g/mol. The minimum absolute atomic E-state index is 0.201. The lowest BCUT2D eigenvalue weighted by atomic mass is 10.1. The van der Waals surface area contributed by atoms with E-state index in [0.717, 1.165) is 35.7 Å². The number of halogens is 1. The van der Waals surface area contributed by atoms with Crippen LogP contribution >= 0.6 is 0 Å². The first-order chi connectivity index (χ1) is 18.1. The SMILES string of the molecule is CCCN(Cc1c(CC)nn(-c2ccccc2)c1Oc1ccc(F)cc1)CC(O)COc1ccccc1. The third kappa shape index (κ3) is 7.18. The molecule has 4 aromatic rings. The molecule has 0 bridgehead atoms. The molecule has 0 aliphatic rings. The Labute approximate surface area is 217 Å². The van der Waals surface area contributed by atoms with E-state index < -0.39 is 6.10 Å². The van der Waals surface area contributed by atoms with Gasteiger partial charge in [0.15, 0.2) is 0 Å². The molecule has 0 spiro atoms. The van der Waals surface area contributed by atoms with Crippen molar-refractivity contribution in [2.24, 2.45) is 0 Å². The van der Waals surface area contributed by atoms with Crippen LogP contribution in [0.15, 0.2) is 84.9 Å². The Morgan fingerprint density at radius 3 is 2.24 bits per heavy atom. The number of benzene rings is 3. The van der Waals surface area contributed by atoms with Crippen molar-refractivity contribution in [1.82, 2.24) is 14.7 Å². The fourth-order valence-corrected chi connectivity index (χ4v) is 4.22. The second-order valence-corrected chi connectivity index (χ2v) is 8.90. The molecule has 0 radical (unpaired) electrons. The van der Waals surface area contributed by atoms with E-state index in [1.807, 2.05) is 60.7 Å². The van der Waals surface area contributed by atoms with E-state index in [-0.39, 0.29) is 12.4 Å². The molecule has 1 atom stereocenters. The quantitative estimate of drug-likeness (QED) is 0.242. The van der Waals surface area contributed by atoms with Crippen LogP contribution in [0.2, 0.25) is 0 Å². The standard InChI is InChI=1S/C30H34FN3O3/c1-3-19-33(20-25(35)22-36-26-13-9-6-10-14-26)21-28-29(4-2)32-34(24-11-7-5-8-12-24)30(28)37-27-17-15-23(31)16-18-27/h5-18,25,35H,3-4,19-22H2,1-2H3. The fraction of sp³-hybridized carbons (Fsp3) is 0.300. The van der Waals surface area contributed by atoms with E-state index in [2.05, 4.69) is 18.7 Å². The summed E-state index contributed by atoms with van der Waals surface area (Å²) in [5.41, 5.74) is 2.73. The summed E-state index contributed by atoms with van der Waals surface area (Å²) in [6.07, 6.45) is 0.978. The molecule has 1 heterocycles. The van der Waals surface area contributed by atoms with Crippen molar-refractivity contribution in [2.75, 3.05) is 19.7 Å². The lowest BCUT2D eigenvalue weighted by Crippen LogP contribution is -2.36. The van der Waals surface area contributed by atoms with Crippen LogP contribution in [0.4, 0.5) is 4.39 Å². The van der Waals surface area contributed by atoms with Gasteiger partial charge in [0, 0.05) is 13.1 Å². The number of hydrogen-bond donors (Lipinski definition) is 1. The largest absolute Gasteiger partial charge is 0.491 e. The predicted octanol–water partition coefficient (Wildman–Crippen LogP) is 6.02. The highest BCUT2D eigenvalue weighted by Gasteiger charge is 2.23. The van der Waals surface area contributed by atoms with Crippen LogP contribution in [-0.2, 0) is 13.0 Å². The van der Waals surface area contributed by atoms with Crippen LogP contribution in [0.25, 0.3) is 5.69 Å². The first-order valence-corrected chi connectivity index (χ1v) is 12.7. The summed E-state index contributed by atoms with van der Waals surface area (Å²) < 4.78 is 27.5. The molecule has 0 saturated heterocycles. The number of aliphatic hydroxyl groups is 1. The van der Waals surface area contributed by atoms with Gasteiger partial charge in [-0.05, 0) is 67.9 Å². The van der Waals surface area contributed by atoms with Crippen molar-refractivity contribution in [2.45, 2.75) is 39.3 Å². The van der Waals surface area contributed by atoms with Gasteiger partial charge < -0.3 is 14.6 Å². The van der Waals surface area contributed by atoms with E-state index in [1.165, 1.54) is 12.1 Å². The van der Waals surface area contributed by atoms with Gasteiger partial charge in [-0.2, -0.15) is 5.10 Å². The van der Waals surface area contributed by atoms with Crippen molar-refractivity contribution >= 4 is 0 Å². The topological polar surface area (TPSA) is 59.8 Å². The molecule has 4 rings (SSSR count). The van der Waals surface area contributed by atoms with Crippen molar-refractivity contribution in [1.29, 1.82) is 0 Å². The Bertz CT molecular complexity index is 1230. The third-order valence-electron chi connectivity index (χ3n) is 5.96. The molecule has 3 aromatic carbocycles. The maximum atomic E-state index is 13.5. The summed E-state index contributed by atoms with van der Waals surface area (Å²) in [7, 11) is 0. The van der Waals surface area contributed by atoms with Crippen molar-refractivity contribution in [3.8, 4) is 23.1 Å². The molecule has 1 aromatic heterocycles. The first kappa shape index (κ1) is 26.4. The third-order valence-corrected chi connectivity index (χ3v) is 5.96. The smallest absolute Gasteiger partial charge is 0.227 e. The molecule has 7 heteroatoms. The molecule has 6 nitrogen and oxygen atoms in total. The predicted molar refractivity (Wildman–Crippen MR) is 143 cm³/mol. The highest BCUT2D eigenvalue weighted by atomic mass is 19.1. The summed E-state index contributed by atoms with van der Waals surface area (Å²) in [6.45, 7) is 6.16. The average Bonchev–Trinajstić information content (AvgIpc) is 3.26. The Morgan fingerprint density at radius 2 is 1.59 bits per heavy atom. The molecule has 194 valence electrons. The summed E-state index contributed by atoms with van der Waals surface area (Å²) in [5.74, 6) is 1.53. The zero-order chi connectivity index (χ0) is 26.0. The molecule has 0 aliphatic heterocycles. The summed E-state index contributed by atoms with van der Waals surface area (Å²) >= 11 is 0. The fourth-order valence-electron chi connectivity index (χ4n) is 4.22. The van der Waals surface area contributed by atoms with Crippen LogP contribution < -0.4 is 9.47 Å². The zero-order valence-electron chi connectivity index (χ0n) is 21.4. The normalized spacial score (nSPS) is 12.0. The molecular formula is C30H34FN3O3. The lowest BCUT2D eigenvalue weighted by Gasteiger charge is -2.25. The zero-order valence-corrected chi connectivity index (χ0v) is 21.4. The van der Waals surface area contributed by atoms with Crippen LogP contribution in [0.5, 0.6) is 17.4 Å². The molecule has 0 saturated carbocycles. The minimum Gasteiger partial charge on any atom is -0.491 e. The maximum absolute atomic E-state index is 13.5. The van der Waals surface area contributed by atoms with E-state index in [1.54, 1.807) is 16.8 Å². The lowest BCUT2D eigenvalue weighted by molar-refractivity contribution is 0.0653. The van der Waals surface area contributed by atoms with Crippen LogP contribution in [-0.4, -0.2) is 45.6 Å². The number of aliphatic hydroxyl groups excluding tert-OH is 1. The molecule has 0 amide bonds. The molecule has 1 unspecified atom stereocenters. The maximum Gasteiger partial charge on any atom is 0.227 e. The van der Waals surface area contributed by atoms with Gasteiger partial charge in [-0.25, -0.2) is 9.07 Å². The van der Waals surface area contributed by atoms with Gasteiger partial charge in [0.05, 0.1) is 16.9 Å².